The summed E-state index contributed by atoms with van der Waals surface area (Å²) in [6, 6.07) is 0. The van der Waals surface area contributed by atoms with E-state index in [1.165, 1.54) is 10.9 Å². The van der Waals surface area contributed by atoms with E-state index in [4.69, 9.17) is 0 Å². The Labute approximate surface area is 72.7 Å². The number of carbonyl (C=O) groups is 1. The molecule has 0 atom stereocenters. The number of carbonyl (C=O) groups excluding carboxylic acids is 1. The van der Waals surface area contributed by atoms with Gasteiger partial charge in [-0.2, -0.15) is 0 Å². The van der Waals surface area contributed by atoms with Gasteiger partial charge in [0.1, 0.15) is 7.41 Å². The lowest BCUT2D eigenvalue weighted by Gasteiger charge is -2.37. The molecule has 0 bridgehead atoms. The van der Waals surface area contributed by atoms with Gasteiger partial charge in [0.2, 0.25) is 0 Å². The van der Waals surface area contributed by atoms with Gasteiger partial charge in [0, 0.05) is 33.5 Å². The summed E-state index contributed by atoms with van der Waals surface area (Å²) in [5.74, 6) is -0.0556. The summed E-state index contributed by atoms with van der Waals surface area (Å²) < 4.78 is 1.96. The molecular formula is C7H12BN3O. The molecular weight excluding hydrogens is 153 g/mol. The van der Waals surface area contributed by atoms with Gasteiger partial charge >= 0.3 is 0 Å². The topological polar surface area (TPSA) is 34.9 Å². The van der Waals surface area contributed by atoms with E-state index in [2.05, 4.69) is 4.98 Å². The van der Waals surface area contributed by atoms with Crippen LogP contribution < -0.4 is 0 Å². The van der Waals surface area contributed by atoms with E-state index in [0.717, 1.165) is 0 Å². The van der Waals surface area contributed by atoms with Gasteiger partial charge < -0.3 is 13.8 Å². The molecule has 0 aliphatic carbocycles. The molecule has 0 fully saturated rings. The minimum atomic E-state index is -0.0556. The monoisotopic (exact) mass is 165 g/mol. The van der Waals surface area contributed by atoms with E-state index in [1.807, 2.05) is 21.1 Å². The highest BCUT2D eigenvalue weighted by molar-refractivity contribution is 6.68. The Kier molecular flexibility index (Phi) is 2.33. The molecule has 0 aromatic carbocycles. The van der Waals surface area contributed by atoms with Crippen LogP contribution in [0, 0.1) is 0 Å². The number of imidazole rings is 1. The SMILES string of the molecule is C[N+](C)(C)[B-]C(=O)n1ccnc1. The largest absolute Gasteiger partial charge is 0.560 e. The summed E-state index contributed by atoms with van der Waals surface area (Å²) in [6.45, 7) is 0. The number of aromatic nitrogens is 2. The van der Waals surface area contributed by atoms with Crippen molar-refractivity contribution in [3.05, 3.63) is 18.7 Å². The highest BCUT2D eigenvalue weighted by Gasteiger charge is 2.02. The highest BCUT2D eigenvalue weighted by atomic mass is 16.1. The van der Waals surface area contributed by atoms with Gasteiger partial charge in [-0.25, -0.2) is 4.98 Å². The second-order valence-corrected chi connectivity index (χ2v) is 3.55. The van der Waals surface area contributed by atoms with Gasteiger partial charge in [-0.1, -0.05) is 0 Å². The Morgan fingerprint density at radius 1 is 1.50 bits per heavy atom. The Hall–Kier alpha value is -1.10. The number of nitrogens with zero attached hydrogens (tertiary/aromatic N) is 3. The van der Waals surface area contributed by atoms with Crippen molar-refractivity contribution >= 4 is 13.2 Å². The maximum absolute atomic E-state index is 11.4. The molecule has 1 aromatic heterocycles. The van der Waals surface area contributed by atoms with Crippen LogP contribution in [0.1, 0.15) is 0 Å². The van der Waals surface area contributed by atoms with Gasteiger partial charge in [-0.3, -0.25) is 0 Å². The Bertz CT molecular complexity index is 263. The van der Waals surface area contributed by atoms with Crippen molar-refractivity contribution in [1.29, 1.82) is 0 Å². The third kappa shape index (κ3) is 2.50. The predicted octanol–water partition coefficient (Wildman–Crippen LogP) is 0.177. The molecule has 0 aliphatic heterocycles. The van der Waals surface area contributed by atoms with Gasteiger partial charge in [0.15, 0.2) is 0 Å². The maximum atomic E-state index is 11.4. The zero-order chi connectivity index (χ0) is 9.19. The van der Waals surface area contributed by atoms with E-state index in [-0.39, 0.29) is 5.81 Å². The quantitative estimate of drug-likeness (QED) is 0.585. The molecule has 1 heterocycles. The summed E-state index contributed by atoms with van der Waals surface area (Å²) in [5, 5.41) is 0. The smallest absolute Gasteiger partial charge is 0.106 e. The number of hydrogen-bond donors (Lipinski definition) is 0. The molecule has 64 valence electrons. The molecule has 0 unspecified atom stereocenters. The normalized spacial score (nSPS) is 11.6. The van der Waals surface area contributed by atoms with E-state index in [0.29, 0.717) is 4.39 Å². The summed E-state index contributed by atoms with van der Waals surface area (Å²) >= 11 is 0. The molecule has 1 rings (SSSR count). The fraction of sp³-hybridized carbons (Fsp3) is 0.429. The van der Waals surface area contributed by atoms with Crippen molar-refractivity contribution < 1.29 is 9.19 Å². The molecule has 0 saturated carbocycles. The molecule has 0 aliphatic rings. The van der Waals surface area contributed by atoms with Gasteiger partial charge in [0.25, 0.3) is 0 Å². The summed E-state index contributed by atoms with van der Waals surface area (Å²) in [6.07, 6.45) is 4.71. The van der Waals surface area contributed by atoms with E-state index in [1.54, 1.807) is 19.8 Å². The van der Waals surface area contributed by atoms with Gasteiger partial charge in [-0.15, -0.1) is 0 Å². The Morgan fingerprint density at radius 3 is 2.58 bits per heavy atom. The fourth-order valence-electron chi connectivity index (χ4n) is 0.787. The van der Waals surface area contributed by atoms with Crippen LogP contribution in [0.4, 0.5) is 4.79 Å². The zero-order valence-corrected chi connectivity index (χ0v) is 7.56. The third-order valence-corrected chi connectivity index (χ3v) is 1.26. The van der Waals surface area contributed by atoms with E-state index < -0.39 is 0 Å². The molecule has 0 amide bonds. The lowest BCUT2D eigenvalue weighted by atomic mass is 9.88. The maximum Gasteiger partial charge on any atom is 0.106 e. The lowest BCUT2D eigenvalue weighted by molar-refractivity contribution is -0.753. The molecule has 0 N–H and O–H groups in total. The van der Waals surface area contributed by atoms with Crippen LogP contribution in [-0.2, 0) is 0 Å². The minimum absolute atomic E-state index is 0.0556. The summed E-state index contributed by atoms with van der Waals surface area (Å²) in [5.41, 5.74) is 0. The number of quaternary nitrogens is 1. The summed E-state index contributed by atoms with van der Waals surface area (Å²) in [7, 11) is 7.39. The standard InChI is InChI=1S/C7H12BN3O/c1-11(2,3)8-7(12)10-5-4-9-6-10/h4-6H,1-3H3. The number of rotatable bonds is 2. The Morgan fingerprint density at radius 2 is 2.17 bits per heavy atom. The number of hydrogen-bond acceptors (Lipinski definition) is 2. The van der Waals surface area contributed by atoms with E-state index in [9.17, 15) is 4.79 Å². The van der Waals surface area contributed by atoms with Crippen LogP contribution in [0.25, 0.3) is 0 Å². The van der Waals surface area contributed by atoms with Crippen LogP contribution in [0.15, 0.2) is 18.7 Å². The summed E-state index contributed by atoms with van der Waals surface area (Å²) in [4.78, 5) is 15.2. The average Bonchev–Trinajstić information content (AvgIpc) is 2.32. The third-order valence-electron chi connectivity index (χ3n) is 1.26. The lowest BCUT2D eigenvalue weighted by Crippen LogP contribution is -2.44. The molecule has 4 nitrogen and oxygen atoms in total. The van der Waals surface area contributed by atoms with Crippen molar-refractivity contribution in [1.82, 2.24) is 9.55 Å². The zero-order valence-electron chi connectivity index (χ0n) is 7.56. The van der Waals surface area contributed by atoms with Gasteiger partial charge in [0.05, 0.1) is 12.1 Å². The first-order chi connectivity index (χ1) is 5.49. The first-order valence-electron chi connectivity index (χ1n) is 3.68. The Balaban J connectivity index is 2.63. The van der Waals surface area contributed by atoms with Gasteiger partial charge in [-0.05, 0) is 0 Å². The van der Waals surface area contributed by atoms with E-state index >= 15 is 0 Å². The average molecular weight is 165 g/mol. The molecule has 12 heavy (non-hydrogen) atoms. The fourth-order valence-corrected chi connectivity index (χ4v) is 0.787. The van der Waals surface area contributed by atoms with Crippen LogP contribution in [0.3, 0.4) is 0 Å². The predicted molar refractivity (Wildman–Crippen MR) is 46.8 cm³/mol. The highest BCUT2D eigenvalue weighted by Crippen LogP contribution is 1.92. The van der Waals surface area contributed by atoms with Crippen molar-refractivity contribution in [2.75, 3.05) is 21.1 Å². The second-order valence-electron chi connectivity index (χ2n) is 3.55. The van der Waals surface area contributed by atoms with Crippen LogP contribution in [-0.4, -0.2) is 48.3 Å². The van der Waals surface area contributed by atoms with Crippen LogP contribution in [0.2, 0.25) is 0 Å². The molecule has 0 spiro atoms. The molecule has 0 saturated heterocycles. The molecule has 1 aromatic rings. The molecule has 2 radical (unpaired) electrons. The van der Waals surface area contributed by atoms with Crippen molar-refractivity contribution in [3.8, 4) is 0 Å². The molecule has 5 heteroatoms. The van der Waals surface area contributed by atoms with Crippen LogP contribution in [0.5, 0.6) is 0 Å². The van der Waals surface area contributed by atoms with Crippen molar-refractivity contribution in [2.45, 2.75) is 0 Å². The first-order valence-corrected chi connectivity index (χ1v) is 3.68. The van der Waals surface area contributed by atoms with Crippen LogP contribution >= 0.6 is 0 Å². The van der Waals surface area contributed by atoms with Crippen molar-refractivity contribution in [2.24, 2.45) is 0 Å². The second kappa shape index (κ2) is 3.10. The minimum Gasteiger partial charge on any atom is -0.560 e. The van der Waals surface area contributed by atoms with Crippen molar-refractivity contribution in [3.63, 3.8) is 0 Å². The first kappa shape index (κ1) is 9.00.